The van der Waals surface area contributed by atoms with Crippen molar-refractivity contribution < 1.29 is 9.90 Å². The lowest BCUT2D eigenvalue weighted by Crippen LogP contribution is -2.15. The molecule has 1 atom stereocenters. The summed E-state index contributed by atoms with van der Waals surface area (Å²) in [5, 5.41) is 12.5. The number of anilines is 1. The molecule has 0 heterocycles. The summed E-state index contributed by atoms with van der Waals surface area (Å²) in [6, 6.07) is 27.6. The molecule has 3 nitrogen and oxygen atoms in total. The number of rotatable bonds is 6. The highest BCUT2D eigenvalue weighted by molar-refractivity contribution is 5.69. The summed E-state index contributed by atoms with van der Waals surface area (Å²) < 4.78 is 0. The first-order valence-corrected chi connectivity index (χ1v) is 7.91. The van der Waals surface area contributed by atoms with Gasteiger partial charge in [0, 0.05) is 5.69 Å². The van der Waals surface area contributed by atoms with Gasteiger partial charge in [0.1, 0.15) is 0 Å². The van der Waals surface area contributed by atoms with Gasteiger partial charge in [-0.15, -0.1) is 0 Å². The molecule has 0 fully saturated rings. The quantitative estimate of drug-likeness (QED) is 0.674. The highest BCUT2D eigenvalue weighted by Crippen LogP contribution is 2.26. The van der Waals surface area contributed by atoms with Crippen molar-refractivity contribution in [2.24, 2.45) is 0 Å². The Labute approximate surface area is 141 Å². The van der Waals surface area contributed by atoms with Gasteiger partial charge in [0.15, 0.2) is 0 Å². The van der Waals surface area contributed by atoms with Gasteiger partial charge in [-0.3, -0.25) is 4.79 Å². The Hall–Kier alpha value is -3.07. The van der Waals surface area contributed by atoms with E-state index in [1.807, 2.05) is 72.8 Å². The van der Waals surface area contributed by atoms with E-state index in [1.54, 1.807) is 0 Å². The van der Waals surface area contributed by atoms with Crippen LogP contribution in [-0.2, 0) is 4.79 Å². The average molecular weight is 317 g/mol. The van der Waals surface area contributed by atoms with Crippen molar-refractivity contribution >= 4 is 11.7 Å². The number of benzene rings is 3. The van der Waals surface area contributed by atoms with Gasteiger partial charge in [0.25, 0.3) is 0 Å². The largest absolute Gasteiger partial charge is 0.481 e. The second-order valence-corrected chi connectivity index (χ2v) is 5.65. The normalized spacial score (nSPS) is 11.7. The smallest absolute Gasteiger partial charge is 0.305 e. The van der Waals surface area contributed by atoms with Crippen molar-refractivity contribution in [3.63, 3.8) is 0 Å². The number of carboxylic acids is 1. The van der Waals surface area contributed by atoms with Crippen molar-refractivity contribution in [2.75, 3.05) is 5.32 Å². The van der Waals surface area contributed by atoms with E-state index < -0.39 is 5.97 Å². The minimum absolute atomic E-state index is 0.0274. The molecule has 24 heavy (non-hydrogen) atoms. The topological polar surface area (TPSA) is 49.3 Å². The Kier molecular flexibility index (Phi) is 4.92. The Morgan fingerprint density at radius 1 is 0.792 bits per heavy atom. The molecule has 3 aromatic carbocycles. The van der Waals surface area contributed by atoms with E-state index in [0.717, 1.165) is 22.4 Å². The molecular weight excluding hydrogens is 298 g/mol. The summed E-state index contributed by atoms with van der Waals surface area (Å²) in [5.74, 6) is -0.824. The van der Waals surface area contributed by atoms with Crippen LogP contribution in [0.3, 0.4) is 0 Å². The number of carboxylic acid groups (broad SMARTS) is 1. The van der Waals surface area contributed by atoms with Crippen LogP contribution in [0.5, 0.6) is 0 Å². The van der Waals surface area contributed by atoms with Gasteiger partial charge in [0.05, 0.1) is 12.5 Å². The highest BCUT2D eigenvalue weighted by atomic mass is 16.4. The van der Waals surface area contributed by atoms with Crippen molar-refractivity contribution in [2.45, 2.75) is 12.5 Å². The first kappa shape index (κ1) is 15.8. The molecule has 0 aliphatic heterocycles. The molecule has 0 amide bonds. The van der Waals surface area contributed by atoms with E-state index in [-0.39, 0.29) is 12.5 Å². The lowest BCUT2D eigenvalue weighted by Gasteiger charge is -2.19. The zero-order valence-electron chi connectivity index (χ0n) is 13.2. The van der Waals surface area contributed by atoms with E-state index in [1.165, 1.54) is 0 Å². The van der Waals surface area contributed by atoms with Crippen LogP contribution < -0.4 is 5.32 Å². The second-order valence-electron chi connectivity index (χ2n) is 5.65. The number of aliphatic carboxylic acids is 1. The standard InChI is InChI=1S/C21H19NO2/c23-21(24)15-20(22-19-9-5-2-6-10-19)18-13-11-17(12-14-18)16-7-3-1-4-8-16/h1-14,20,22H,15H2,(H,23,24). The minimum atomic E-state index is -0.824. The zero-order chi connectivity index (χ0) is 16.8. The van der Waals surface area contributed by atoms with Crippen molar-refractivity contribution in [1.29, 1.82) is 0 Å². The van der Waals surface area contributed by atoms with E-state index >= 15 is 0 Å². The van der Waals surface area contributed by atoms with Crippen LogP contribution in [0.4, 0.5) is 5.69 Å². The molecule has 0 aromatic heterocycles. The van der Waals surface area contributed by atoms with Crippen molar-refractivity contribution in [1.82, 2.24) is 0 Å². The van der Waals surface area contributed by atoms with Crippen molar-refractivity contribution in [3.8, 4) is 11.1 Å². The SMILES string of the molecule is O=C(O)CC(Nc1ccccc1)c1ccc(-c2ccccc2)cc1. The molecule has 0 aliphatic rings. The first-order chi connectivity index (χ1) is 11.7. The van der Waals surface area contributed by atoms with Crippen LogP contribution in [0.2, 0.25) is 0 Å². The number of hydrogen-bond acceptors (Lipinski definition) is 2. The monoisotopic (exact) mass is 317 g/mol. The predicted octanol–water partition coefficient (Wildman–Crippen LogP) is 4.98. The predicted molar refractivity (Wildman–Crippen MR) is 96.9 cm³/mol. The number of hydrogen-bond donors (Lipinski definition) is 2. The summed E-state index contributed by atoms with van der Waals surface area (Å²) in [6.45, 7) is 0. The average Bonchev–Trinajstić information content (AvgIpc) is 2.63. The fourth-order valence-corrected chi connectivity index (χ4v) is 2.70. The summed E-state index contributed by atoms with van der Waals surface area (Å²) >= 11 is 0. The van der Waals surface area contributed by atoms with Gasteiger partial charge in [-0.2, -0.15) is 0 Å². The molecule has 0 aliphatic carbocycles. The van der Waals surface area contributed by atoms with Crippen LogP contribution in [-0.4, -0.2) is 11.1 Å². The number of para-hydroxylation sites is 1. The molecule has 0 bridgehead atoms. The van der Waals surface area contributed by atoms with Crippen molar-refractivity contribution in [3.05, 3.63) is 90.5 Å². The van der Waals surface area contributed by atoms with Crippen LogP contribution >= 0.6 is 0 Å². The molecule has 3 rings (SSSR count). The molecule has 120 valence electrons. The molecule has 3 aromatic rings. The molecule has 0 spiro atoms. The zero-order valence-corrected chi connectivity index (χ0v) is 13.2. The lowest BCUT2D eigenvalue weighted by molar-refractivity contribution is -0.137. The highest BCUT2D eigenvalue weighted by Gasteiger charge is 2.15. The molecule has 0 radical (unpaired) electrons. The Morgan fingerprint density at radius 3 is 1.92 bits per heavy atom. The maximum absolute atomic E-state index is 11.2. The summed E-state index contributed by atoms with van der Waals surface area (Å²) in [7, 11) is 0. The first-order valence-electron chi connectivity index (χ1n) is 7.91. The maximum Gasteiger partial charge on any atom is 0.305 e. The third-order valence-electron chi connectivity index (χ3n) is 3.91. The van der Waals surface area contributed by atoms with E-state index in [0.29, 0.717) is 0 Å². The number of nitrogens with one attached hydrogen (secondary N) is 1. The summed E-state index contributed by atoms with van der Waals surface area (Å²) in [5.41, 5.74) is 4.14. The van der Waals surface area contributed by atoms with E-state index in [2.05, 4.69) is 17.4 Å². The third-order valence-corrected chi connectivity index (χ3v) is 3.91. The van der Waals surface area contributed by atoms with E-state index in [9.17, 15) is 9.90 Å². The van der Waals surface area contributed by atoms with Crippen LogP contribution in [0, 0.1) is 0 Å². The van der Waals surface area contributed by atoms with Crippen LogP contribution in [0.1, 0.15) is 18.0 Å². The molecular formula is C21H19NO2. The summed E-state index contributed by atoms with van der Waals surface area (Å²) in [6.07, 6.45) is 0.0274. The van der Waals surface area contributed by atoms with Gasteiger partial charge >= 0.3 is 5.97 Å². The maximum atomic E-state index is 11.2. The lowest BCUT2D eigenvalue weighted by atomic mass is 9.99. The van der Waals surface area contributed by atoms with Gasteiger partial charge in [-0.05, 0) is 28.8 Å². The molecule has 0 saturated carbocycles. The van der Waals surface area contributed by atoms with Gasteiger partial charge < -0.3 is 10.4 Å². The van der Waals surface area contributed by atoms with Crippen LogP contribution in [0.15, 0.2) is 84.9 Å². The van der Waals surface area contributed by atoms with Gasteiger partial charge in [-0.1, -0.05) is 72.8 Å². The second kappa shape index (κ2) is 7.47. The number of carbonyl (C=O) groups is 1. The molecule has 2 N–H and O–H groups in total. The molecule has 1 unspecified atom stereocenters. The fraction of sp³-hybridized carbons (Fsp3) is 0.0952. The Bertz CT molecular complexity index is 783. The van der Waals surface area contributed by atoms with Crippen LogP contribution in [0.25, 0.3) is 11.1 Å². The summed E-state index contributed by atoms with van der Waals surface area (Å²) in [4.78, 5) is 11.2. The Balaban J connectivity index is 1.83. The third kappa shape index (κ3) is 4.02. The van der Waals surface area contributed by atoms with Gasteiger partial charge in [-0.25, -0.2) is 0 Å². The molecule has 0 saturated heterocycles. The Morgan fingerprint density at radius 2 is 1.33 bits per heavy atom. The fourth-order valence-electron chi connectivity index (χ4n) is 2.70. The van der Waals surface area contributed by atoms with Gasteiger partial charge in [0.2, 0.25) is 0 Å². The van der Waals surface area contributed by atoms with E-state index in [4.69, 9.17) is 0 Å². The minimum Gasteiger partial charge on any atom is -0.481 e. The molecule has 3 heteroatoms.